The van der Waals surface area contributed by atoms with Crippen molar-refractivity contribution in [2.75, 3.05) is 18.0 Å². The lowest BCUT2D eigenvalue weighted by atomic mass is 10.1. The summed E-state index contributed by atoms with van der Waals surface area (Å²) in [5.41, 5.74) is 2.90. The van der Waals surface area contributed by atoms with Crippen molar-refractivity contribution in [2.45, 2.75) is 58.1 Å². The number of halogens is 1. The molecule has 0 aromatic heterocycles. The summed E-state index contributed by atoms with van der Waals surface area (Å²) in [6.45, 7) is 8.66. The summed E-state index contributed by atoms with van der Waals surface area (Å²) in [7, 11) is -2.74. The molecule has 0 aliphatic heterocycles. The van der Waals surface area contributed by atoms with Crippen molar-refractivity contribution in [2.24, 2.45) is 0 Å². The predicted molar refractivity (Wildman–Crippen MR) is 158 cm³/mol. The fourth-order valence-corrected chi connectivity index (χ4v) is 5.83. The number of methoxy groups -OCH3 is 1. The standard InChI is InChI=1S/C30H36ClN3O5S/c1-20(2)32-30(36)23(5)33(18-24-9-7-8-22(4)16-24)29(35)19-34(25-12-15-28(39-6)27(31)17-25)40(37,38)26-13-10-21(3)11-14-26/h7-17,20,23H,18-19H2,1-6H3,(H,32,36). The summed E-state index contributed by atoms with van der Waals surface area (Å²) in [6.07, 6.45) is 0. The number of carbonyl (C=O) groups excluding carboxylic acids is 2. The Morgan fingerprint density at radius 1 is 0.950 bits per heavy atom. The molecule has 8 nitrogen and oxygen atoms in total. The molecule has 3 aromatic rings. The molecule has 0 heterocycles. The van der Waals surface area contributed by atoms with E-state index in [9.17, 15) is 18.0 Å². The number of rotatable bonds is 11. The summed E-state index contributed by atoms with van der Waals surface area (Å²) in [4.78, 5) is 28.4. The lowest BCUT2D eigenvalue weighted by molar-refractivity contribution is -0.139. The Hall–Kier alpha value is -3.56. The van der Waals surface area contributed by atoms with E-state index in [-0.39, 0.29) is 34.1 Å². The minimum atomic E-state index is -4.19. The highest BCUT2D eigenvalue weighted by Crippen LogP contribution is 2.32. The van der Waals surface area contributed by atoms with Gasteiger partial charge in [0.25, 0.3) is 10.0 Å². The largest absolute Gasteiger partial charge is 0.495 e. The second-order valence-corrected chi connectivity index (χ2v) is 12.3. The highest BCUT2D eigenvalue weighted by molar-refractivity contribution is 7.92. The van der Waals surface area contributed by atoms with Crippen molar-refractivity contribution in [3.63, 3.8) is 0 Å². The molecule has 0 saturated carbocycles. The van der Waals surface area contributed by atoms with Crippen LogP contribution in [0.4, 0.5) is 5.69 Å². The Kier molecular flexibility index (Phi) is 10.2. The van der Waals surface area contributed by atoms with E-state index >= 15 is 0 Å². The summed E-state index contributed by atoms with van der Waals surface area (Å²) in [5, 5.41) is 3.04. The second kappa shape index (κ2) is 13.2. The molecule has 0 saturated heterocycles. The van der Waals surface area contributed by atoms with Gasteiger partial charge in [-0.25, -0.2) is 8.42 Å². The van der Waals surface area contributed by atoms with Gasteiger partial charge in [0.05, 0.1) is 22.7 Å². The summed E-state index contributed by atoms with van der Waals surface area (Å²) in [6, 6.07) is 17.5. The molecule has 0 radical (unpaired) electrons. The van der Waals surface area contributed by atoms with Crippen LogP contribution in [0.15, 0.2) is 71.6 Å². The predicted octanol–water partition coefficient (Wildman–Crippen LogP) is 5.10. The number of hydrogen-bond donors (Lipinski definition) is 1. The quantitative estimate of drug-likeness (QED) is 0.338. The van der Waals surface area contributed by atoms with E-state index in [1.807, 2.05) is 52.0 Å². The van der Waals surface area contributed by atoms with Crippen LogP contribution >= 0.6 is 11.6 Å². The van der Waals surface area contributed by atoms with E-state index in [0.29, 0.717) is 5.75 Å². The SMILES string of the molecule is COc1ccc(N(CC(=O)N(Cc2cccc(C)c2)C(C)C(=O)NC(C)C)S(=O)(=O)c2ccc(C)cc2)cc1Cl. The Labute approximate surface area is 241 Å². The zero-order valence-electron chi connectivity index (χ0n) is 23.6. The average Bonchev–Trinajstić information content (AvgIpc) is 2.89. The fourth-order valence-electron chi connectivity index (χ4n) is 4.17. The van der Waals surface area contributed by atoms with Gasteiger partial charge in [0, 0.05) is 12.6 Å². The molecule has 1 unspecified atom stereocenters. The third kappa shape index (κ3) is 7.55. The molecule has 0 aliphatic carbocycles. The topological polar surface area (TPSA) is 96.0 Å². The number of carbonyl (C=O) groups is 2. The van der Waals surface area contributed by atoms with Gasteiger partial charge >= 0.3 is 0 Å². The normalized spacial score (nSPS) is 12.1. The first-order chi connectivity index (χ1) is 18.8. The number of aryl methyl sites for hydroxylation is 2. The first-order valence-corrected chi connectivity index (χ1v) is 14.7. The van der Waals surface area contributed by atoms with Crippen LogP contribution < -0.4 is 14.4 Å². The molecule has 1 N–H and O–H groups in total. The lowest BCUT2D eigenvalue weighted by Crippen LogP contribution is -2.52. The van der Waals surface area contributed by atoms with E-state index in [1.165, 1.54) is 36.3 Å². The number of hydrogen-bond acceptors (Lipinski definition) is 5. The van der Waals surface area contributed by atoms with Crippen molar-refractivity contribution in [3.8, 4) is 5.75 Å². The van der Waals surface area contributed by atoms with E-state index < -0.39 is 28.5 Å². The van der Waals surface area contributed by atoms with Crippen LogP contribution in [0.5, 0.6) is 5.75 Å². The highest BCUT2D eigenvalue weighted by atomic mass is 35.5. The van der Waals surface area contributed by atoms with Gasteiger partial charge in [-0.05, 0) is 70.5 Å². The molecular formula is C30H36ClN3O5S. The smallest absolute Gasteiger partial charge is 0.264 e. The molecule has 40 heavy (non-hydrogen) atoms. The number of benzene rings is 3. The van der Waals surface area contributed by atoms with Gasteiger partial charge in [-0.1, -0.05) is 59.1 Å². The number of anilines is 1. The molecule has 0 aliphatic rings. The Bertz CT molecular complexity index is 1460. The van der Waals surface area contributed by atoms with Crippen molar-refractivity contribution in [3.05, 3.63) is 88.4 Å². The molecule has 3 aromatic carbocycles. The number of nitrogens with one attached hydrogen (secondary N) is 1. The Morgan fingerprint density at radius 3 is 2.20 bits per heavy atom. The minimum Gasteiger partial charge on any atom is -0.495 e. The maximum atomic E-state index is 14.0. The van der Waals surface area contributed by atoms with Crippen LogP contribution in [0.3, 0.4) is 0 Å². The zero-order valence-corrected chi connectivity index (χ0v) is 25.2. The highest BCUT2D eigenvalue weighted by Gasteiger charge is 2.33. The van der Waals surface area contributed by atoms with E-state index in [1.54, 1.807) is 25.1 Å². The third-order valence-electron chi connectivity index (χ3n) is 6.34. The number of amides is 2. The van der Waals surface area contributed by atoms with Crippen molar-refractivity contribution >= 4 is 39.1 Å². The first-order valence-electron chi connectivity index (χ1n) is 12.9. The minimum absolute atomic E-state index is 0.0219. The van der Waals surface area contributed by atoms with Crippen molar-refractivity contribution in [1.29, 1.82) is 0 Å². The van der Waals surface area contributed by atoms with Crippen molar-refractivity contribution < 1.29 is 22.7 Å². The van der Waals surface area contributed by atoms with Gasteiger partial charge in [0.1, 0.15) is 18.3 Å². The van der Waals surface area contributed by atoms with Gasteiger partial charge < -0.3 is 15.0 Å². The van der Waals surface area contributed by atoms with Gasteiger partial charge in [-0.15, -0.1) is 0 Å². The third-order valence-corrected chi connectivity index (χ3v) is 8.43. The van der Waals surface area contributed by atoms with Crippen LogP contribution in [0.2, 0.25) is 5.02 Å². The van der Waals surface area contributed by atoms with Crippen LogP contribution in [0.1, 0.15) is 37.5 Å². The van der Waals surface area contributed by atoms with Gasteiger partial charge in [0.2, 0.25) is 11.8 Å². The van der Waals surface area contributed by atoms with Gasteiger partial charge in [0.15, 0.2) is 0 Å². The number of sulfonamides is 1. The van der Waals surface area contributed by atoms with Crippen LogP contribution in [0.25, 0.3) is 0 Å². The number of nitrogens with zero attached hydrogens (tertiary/aromatic N) is 2. The molecule has 3 rings (SSSR count). The monoisotopic (exact) mass is 585 g/mol. The van der Waals surface area contributed by atoms with Crippen molar-refractivity contribution in [1.82, 2.24) is 10.2 Å². The Morgan fingerprint density at radius 2 is 1.62 bits per heavy atom. The van der Waals surface area contributed by atoms with E-state index in [2.05, 4.69) is 5.32 Å². The summed E-state index contributed by atoms with van der Waals surface area (Å²) in [5.74, 6) is -0.517. The molecule has 2 amide bonds. The molecular weight excluding hydrogens is 550 g/mol. The van der Waals surface area contributed by atoms with Gasteiger partial charge in [-0.2, -0.15) is 0 Å². The molecule has 214 valence electrons. The van der Waals surface area contributed by atoms with Crippen LogP contribution in [-0.4, -0.2) is 50.9 Å². The van der Waals surface area contributed by atoms with Gasteiger partial charge in [-0.3, -0.25) is 13.9 Å². The summed E-state index contributed by atoms with van der Waals surface area (Å²) >= 11 is 6.36. The molecule has 0 fully saturated rings. The fraction of sp³-hybridized carbons (Fsp3) is 0.333. The van der Waals surface area contributed by atoms with Crippen LogP contribution in [-0.2, 0) is 26.2 Å². The maximum Gasteiger partial charge on any atom is 0.264 e. The number of ether oxygens (including phenoxy) is 1. The molecule has 1 atom stereocenters. The van der Waals surface area contributed by atoms with E-state index in [0.717, 1.165) is 21.0 Å². The maximum absolute atomic E-state index is 14.0. The van der Waals surface area contributed by atoms with Crippen LogP contribution in [0, 0.1) is 13.8 Å². The average molecular weight is 586 g/mol. The Balaban J connectivity index is 2.07. The summed E-state index contributed by atoms with van der Waals surface area (Å²) < 4.78 is 34.1. The molecule has 0 spiro atoms. The second-order valence-electron chi connectivity index (χ2n) is 9.99. The molecule has 10 heteroatoms. The zero-order chi connectivity index (χ0) is 29.6. The lowest BCUT2D eigenvalue weighted by Gasteiger charge is -2.32. The molecule has 0 bridgehead atoms. The van der Waals surface area contributed by atoms with E-state index in [4.69, 9.17) is 16.3 Å². The first kappa shape index (κ1) is 31.0.